The molecule has 0 aromatic carbocycles. The molecule has 1 saturated heterocycles. The summed E-state index contributed by atoms with van der Waals surface area (Å²) in [5.41, 5.74) is 0.163. The highest BCUT2D eigenvalue weighted by molar-refractivity contribution is 6.99. The van der Waals surface area contributed by atoms with E-state index >= 15 is 0 Å². The molecular weight excluding hydrogens is 518 g/mol. The van der Waals surface area contributed by atoms with Crippen molar-refractivity contribution in [1.82, 2.24) is 8.75 Å². The zero-order valence-electron chi connectivity index (χ0n) is 23.7. The van der Waals surface area contributed by atoms with Crippen molar-refractivity contribution in [2.75, 3.05) is 13.2 Å². The maximum absolute atomic E-state index is 13.4. The van der Waals surface area contributed by atoms with Crippen LogP contribution in [-0.2, 0) is 14.3 Å². The number of ether oxygens (including phenoxy) is 1. The lowest BCUT2D eigenvalue weighted by Gasteiger charge is -2.35. The van der Waals surface area contributed by atoms with Crippen molar-refractivity contribution in [2.45, 2.75) is 91.5 Å². The van der Waals surface area contributed by atoms with Crippen LogP contribution in [0.25, 0.3) is 6.08 Å². The average molecular weight is 562 g/mol. The number of hydrogen-bond donors (Lipinski definition) is 3. The number of aliphatic hydroxyl groups excluding tert-OH is 3. The predicted octanol–water partition coefficient (Wildman–Crippen LogP) is 3.48. The Bertz CT molecular complexity index is 1100. The first-order valence-corrected chi connectivity index (χ1v) is 14.8. The van der Waals surface area contributed by atoms with Gasteiger partial charge in [0.1, 0.15) is 11.9 Å². The number of carbonyl (C=O) groups is 2. The van der Waals surface area contributed by atoms with Crippen LogP contribution >= 0.6 is 11.7 Å². The largest absolute Gasteiger partial charge is 0.458 e. The summed E-state index contributed by atoms with van der Waals surface area (Å²) in [6.45, 7) is 9.17. The minimum Gasteiger partial charge on any atom is -0.458 e. The van der Waals surface area contributed by atoms with Crippen LogP contribution in [0.3, 0.4) is 0 Å². The van der Waals surface area contributed by atoms with Crippen molar-refractivity contribution < 1.29 is 29.6 Å². The highest BCUT2D eigenvalue weighted by Crippen LogP contribution is 2.90. The molecule has 9 nitrogen and oxygen atoms in total. The van der Waals surface area contributed by atoms with Crippen molar-refractivity contribution in [2.24, 2.45) is 39.0 Å². The number of aliphatic imine (C=N–C) groups is 1. The van der Waals surface area contributed by atoms with Gasteiger partial charge >= 0.3 is 5.97 Å². The Hall–Kier alpha value is -2.01. The number of esters is 1. The fraction of sp³-hybridized carbons (Fsp3) is 0.759. The monoisotopic (exact) mass is 561 g/mol. The van der Waals surface area contributed by atoms with Crippen LogP contribution in [0.1, 0.15) is 78.8 Å². The molecule has 8 atom stereocenters. The molecule has 216 valence electrons. The summed E-state index contributed by atoms with van der Waals surface area (Å²) in [4.78, 5) is 31.0. The van der Waals surface area contributed by atoms with Gasteiger partial charge in [0.2, 0.25) is 0 Å². The summed E-state index contributed by atoms with van der Waals surface area (Å²) in [6, 6.07) is 0. The highest BCUT2D eigenvalue weighted by Gasteiger charge is 2.87. The van der Waals surface area contributed by atoms with E-state index in [0.717, 1.165) is 43.0 Å². The van der Waals surface area contributed by atoms with Gasteiger partial charge in [0, 0.05) is 17.5 Å². The molecule has 39 heavy (non-hydrogen) atoms. The van der Waals surface area contributed by atoms with Gasteiger partial charge in [-0.25, -0.2) is 0 Å². The van der Waals surface area contributed by atoms with Crippen LogP contribution in [0, 0.1) is 34.0 Å². The van der Waals surface area contributed by atoms with Gasteiger partial charge in [-0.15, -0.1) is 0 Å². The van der Waals surface area contributed by atoms with Crippen molar-refractivity contribution >= 4 is 35.8 Å². The quantitative estimate of drug-likeness (QED) is 0.366. The van der Waals surface area contributed by atoms with Crippen molar-refractivity contribution in [3.63, 3.8) is 0 Å². The first-order valence-electron chi connectivity index (χ1n) is 14.1. The lowest BCUT2D eigenvalue weighted by Crippen LogP contribution is -2.45. The lowest BCUT2D eigenvalue weighted by atomic mass is 9.72. The predicted molar refractivity (Wildman–Crippen MR) is 149 cm³/mol. The van der Waals surface area contributed by atoms with E-state index in [2.05, 4.69) is 13.7 Å². The molecule has 3 aliphatic rings. The van der Waals surface area contributed by atoms with Crippen LogP contribution in [0.4, 0.5) is 0 Å². The van der Waals surface area contributed by atoms with Crippen LogP contribution in [0.2, 0.25) is 0 Å². The number of hydrogen-bond acceptors (Lipinski definition) is 10. The van der Waals surface area contributed by atoms with E-state index in [9.17, 15) is 24.9 Å². The maximum Gasteiger partial charge on any atom is 0.309 e. The molecule has 0 bridgehead atoms. The second-order valence-corrected chi connectivity index (χ2v) is 13.1. The smallest absolute Gasteiger partial charge is 0.309 e. The van der Waals surface area contributed by atoms with Crippen LogP contribution in [0.5, 0.6) is 0 Å². The maximum atomic E-state index is 13.4. The first-order chi connectivity index (χ1) is 18.4. The number of ketones is 1. The van der Waals surface area contributed by atoms with Gasteiger partial charge in [0.05, 0.1) is 60.8 Å². The van der Waals surface area contributed by atoms with E-state index in [0.29, 0.717) is 24.6 Å². The molecule has 10 heteroatoms. The molecule has 2 unspecified atom stereocenters. The van der Waals surface area contributed by atoms with Crippen molar-refractivity contribution in [3.8, 4) is 0 Å². The Morgan fingerprint density at radius 2 is 2.00 bits per heavy atom. The van der Waals surface area contributed by atoms with E-state index in [1.165, 1.54) is 0 Å². The number of cyclic esters (lactones) is 1. The molecule has 2 heterocycles. The minimum absolute atomic E-state index is 0.0121. The SMILES string of the molecule is C/C(=C\c1cnsn1)[C@@H]1CC23CC2[C@]3(C=NCCO)CCC[C@H](C)[C@H](O)[C@@H](C)C(=O)C(C)(C)[C@@H](O)CC(=O)O1. The molecule has 0 amide bonds. The summed E-state index contributed by atoms with van der Waals surface area (Å²) in [5, 5.41) is 31.3. The average Bonchev–Trinajstić information content (AvgIpc) is 3.64. The first kappa shape index (κ1) is 30.0. The van der Waals surface area contributed by atoms with E-state index < -0.39 is 35.6 Å². The molecule has 2 aliphatic carbocycles. The second kappa shape index (κ2) is 11.5. The summed E-state index contributed by atoms with van der Waals surface area (Å²) in [5.74, 6) is -1.19. The molecule has 3 fully saturated rings. The molecule has 1 spiro atoms. The molecule has 2 saturated carbocycles. The zero-order chi connectivity index (χ0) is 28.6. The van der Waals surface area contributed by atoms with Gasteiger partial charge in [0.15, 0.2) is 0 Å². The Balaban J connectivity index is 1.65. The molecule has 1 aromatic heterocycles. The molecule has 3 N–H and O–H groups in total. The molecule has 4 rings (SSSR count). The number of aromatic nitrogens is 2. The number of aliphatic hydroxyl groups is 3. The number of carbonyl (C=O) groups excluding carboxylic acids is 2. The van der Waals surface area contributed by atoms with Crippen LogP contribution in [-0.4, -0.2) is 73.5 Å². The fourth-order valence-corrected chi connectivity index (χ4v) is 7.24. The Morgan fingerprint density at radius 3 is 2.64 bits per heavy atom. The fourth-order valence-electron chi connectivity index (χ4n) is 6.84. The van der Waals surface area contributed by atoms with Crippen LogP contribution < -0.4 is 0 Å². The highest BCUT2D eigenvalue weighted by atomic mass is 32.1. The van der Waals surface area contributed by atoms with E-state index in [4.69, 9.17) is 4.74 Å². The molecule has 1 aromatic rings. The molecule has 0 radical (unpaired) electrons. The van der Waals surface area contributed by atoms with E-state index in [-0.39, 0.29) is 35.6 Å². The number of fused-ring (bicyclic) bond motifs is 1. The zero-order valence-corrected chi connectivity index (χ0v) is 24.5. The van der Waals surface area contributed by atoms with Crippen LogP contribution in [0.15, 0.2) is 16.8 Å². The number of nitrogens with zero attached hydrogens (tertiary/aromatic N) is 3. The molecular formula is C29H43N3O6S. The molecule has 1 aliphatic heterocycles. The summed E-state index contributed by atoms with van der Waals surface area (Å²) in [6.07, 6.45) is 6.79. The topological polar surface area (TPSA) is 142 Å². The lowest BCUT2D eigenvalue weighted by molar-refractivity contribution is -0.154. The van der Waals surface area contributed by atoms with E-state index in [1.54, 1.807) is 27.0 Å². The number of rotatable bonds is 5. The van der Waals surface area contributed by atoms with Gasteiger partial charge in [-0.1, -0.05) is 34.1 Å². The second-order valence-electron chi connectivity index (χ2n) is 12.6. The Labute approximate surface area is 235 Å². The summed E-state index contributed by atoms with van der Waals surface area (Å²) < 4.78 is 14.4. The summed E-state index contributed by atoms with van der Waals surface area (Å²) in [7, 11) is 0. The normalized spacial score (nSPS) is 39.6. The third-order valence-electron chi connectivity index (χ3n) is 9.76. The van der Waals surface area contributed by atoms with E-state index in [1.807, 2.05) is 26.1 Å². The van der Waals surface area contributed by atoms with Gasteiger partial charge in [0.25, 0.3) is 0 Å². The van der Waals surface area contributed by atoms with Gasteiger partial charge < -0.3 is 20.1 Å². The third-order valence-corrected chi connectivity index (χ3v) is 10.3. The Kier molecular flexibility index (Phi) is 8.81. The van der Waals surface area contributed by atoms with Crippen molar-refractivity contribution in [1.29, 1.82) is 0 Å². The van der Waals surface area contributed by atoms with Crippen molar-refractivity contribution in [3.05, 3.63) is 17.5 Å². The van der Waals surface area contributed by atoms with Gasteiger partial charge in [-0.05, 0) is 61.5 Å². The standard InChI is InChI=1S/C29H43N3O6S/c1-17-7-6-8-28(16-30-9-10-33)22-14-29(22,28)13-21(18(2)11-20-15-31-39-32-20)38-24(35)12-23(34)27(4,5)26(37)19(3)25(17)36/h11,15-17,19,21-23,25,33-34,36H,6-10,12-14H2,1-5H3/b18-11+,30-16?/t17-,19+,21-,22?,23-,25-,28+,29?/m0/s1. The van der Waals surface area contributed by atoms with Gasteiger partial charge in [-0.2, -0.15) is 8.75 Å². The summed E-state index contributed by atoms with van der Waals surface area (Å²) >= 11 is 1.11. The third kappa shape index (κ3) is 5.76. The minimum atomic E-state index is -1.25. The Morgan fingerprint density at radius 1 is 1.26 bits per heavy atom. The number of Topliss-reactive ketones (excluding diaryl/α,β-unsaturated/α-hetero) is 1. The van der Waals surface area contributed by atoms with Gasteiger partial charge in [-0.3, -0.25) is 14.6 Å².